The lowest BCUT2D eigenvalue weighted by Gasteiger charge is -2.28. The molecular weight excluding hydrogens is 318 g/mol. The predicted octanol–water partition coefficient (Wildman–Crippen LogP) is 3.56. The largest absolute Gasteiger partial charge is 0.468 e. The van der Waals surface area contributed by atoms with Crippen LogP contribution in [0, 0.1) is 10.1 Å². The van der Waals surface area contributed by atoms with E-state index in [1.54, 1.807) is 24.3 Å². The zero-order chi connectivity index (χ0) is 16.4. The van der Waals surface area contributed by atoms with Crippen LogP contribution in [0.4, 0.5) is 5.69 Å². The zero-order valence-corrected chi connectivity index (χ0v) is 13.0. The van der Waals surface area contributed by atoms with E-state index in [2.05, 4.69) is 0 Å². The number of fused-ring (bicyclic) bond motifs is 8. The first-order valence-electron chi connectivity index (χ1n) is 7.16. The van der Waals surface area contributed by atoms with Gasteiger partial charge in [-0.05, 0) is 40.8 Å². The van der Waals surface area contributed by atoms with Crippen molar-refractivity contribution in [1.82, 2.24) is 0 Å². The molecular formula is C17H12ClNO4. The molecule has 6 heteroatoms. The van der Waals surface area contributed by atoms with Crippen molar-refractivity contribution < 1.29 is 14.5 Å². The molecule has 116 valence electrons. The molecule has 0 spiro atoms. The highest BCUT2D eigenvalue weighted by atomic mass is 35.5. The van der Waals surface area contributed by atoms with E-state index in [4.69, 9.17) is 16.3 Å². The summed E-state index contributed by atoms with van der Waals surface area (Å²) in [4.78, 5) is 23.3. The molecule has 0 saturated heterocycles. The molecule has 2 unspecified atom stereocenters. The van der Waals surface area contributed by atoms with Gasteiger partial charge >= 0.3 is 5.97 Å². The number of non-ortho nitro benzene ring substituents is 1. The number of nitro groups is 1. The highest BCUT2D eigenvalue weighted by Gasteiger charge is 2.58. The van der Waals surface area contributed by atoms with Crippen LogP contribution in [-0.4, -0.2) is 18.0 Å². The number of esters is 1. The molecule has 5 nitrogen and oxygen atoms in total. The Balaban J connectivity index is 2.02. The van der Waals surface area contributed by atoms with Crippen LogP contribution in [0.25, 0.3) is 0 Å². The second kappa shape index (κ2) is 4.55. The minimum absolute atomic E-state index is 0.0341. The van der Waals surface area contributed by atoms with Gasteiger partial charge in [0, 0.05) is 23.1 Å². The van der Waals surface area contributed by atoms with E-state index >= 15 is 0 Å². The number of hydrogen-bond acceptors (Lipinski definition) is 4. The molecule has 2 bridgehead atoms. The molecule has 23 heavy (non-hydrogen) atoms. The van der Waals surface area contributed by atoms with Gasteiger partial charge < -0.3 is 4.74 Å². The fourth-order valence-corrected chi connectivity index (χ4v) is 4.25. The number of methoxy groups -OCH3 is 1. The van der Waals surface area contributed by atoms with Gasteiger partial charge in [-0.3, -0.25) is 14.9 Å². The van der Waals surface area contributed by atoms with Crippen LogP contribution < -0.4 is 0 Å². The van der Waals surface area contributed by atoms with Gasteiger partial charge in [0.15, 0.2) is 0 Å². The number of benzene rings is 2. The molecule has 2 aliphatic rings. The van der Waals surface area contributed by atoms with E-state index in [-0.39, 0.29) is 17.6 Å². The summed E-state index contributed by atoms with van der Waals surface area (Å²) in [5.74, 6) is -0.396. The fourth-order valence-electron chi connectivity index (χ4n) is 4.08. The Morgan fingerprint density at radius 2 is 2.04 bits per heavy atom. The number of nitrogens with zero attached hydrogens (tertiary/aromatic N) is 1. The van der Waals surface area contributed by atoms with Crippen molar-refractivity contribution in [2.45, 2.75) is 17.8 Å². The lowest BCUT2D eigenvalue weighted by Crippen LogP contribution is -2.35. The Morgan fingerprint density at radius 1 is 1.26 bits per heavy atom. The maximum Gasteiger partial charge on any atom is 0.320 e. The Bertz CT molecular complexity index is 879. The third-order valence-electron chi connectivity index (χ3n) is 4.98. The van der Waals surface area contributed by atoms with Crippen LogP contribution >= 0.6 is 11.6 Å². The number of nitro benzene ring substituents is 1. The molecule has 2 aromatic carbocycles. The van der Waals surface area contributed by atoms with E-state index < -0.39 is 10.3 Å². The third kappa shape index (κ3) is 1.65. The Labute approximate surface area is 137 Å². The van der Waals surface area contributed by atoms with Crippen molar-refractivity contribution in [2.24, 2.45) is 0 Å². The summed E-state index contributed by atoms with van der Waals surface area (Å²) < 4.78 is 5.07. The predicted molar refractivity (Wildman–Crippen MR) is 83.8 cm³/mol. The Morgan fingerprint density at radius 3 is 2.74 bits per heavy atom. The second-order valence-corrected chi connectivity index (χ2v) is 6.35. The van der Waals surface area contributed by atoms with E-state index in [0.717, 1.165) is 22.3 Å². The van der Waals surface area contributed by atoms with Gasteiger partial charge in [-0.2, -0.15) is 0 Å². The Kier molecular flexibility index (Phi) is 2.81. The molecule has 0 amide bonds. The van der Waals surface area contributed by atoms with Gasteiger partial charge in [0.25, 0.3) is 5.69 Å². The van der Waals surface area contributed by atoms with Crippen LogP contribution in [0.5, 0.6) is 0 Å². The molecule has 0 fully saturated rings. The smallest absolute Gasteiger partial charge is 0.320 e. The van der Waals surface area contributed by atoms with Gasteiger partial charge in [-0.15, -0.1) is 0 Å². The van der Waals surface area contributed by atoms with Crippen molar-refractivity contribution in [3.05, 3.63) is 73.8 Å². The van der Waals surface area contributed by atoms with E-state index in [0.29, 0.717) is 11.4 Å². The van der Waals surface area contributed by atoms with Crippen LogP contribution in [0.15, 0.2) is 36.4 Å². The molecule has 0 aromatic heterocycles. The van der Waals surface area contributed by atoms with Gasteiger partial charge in [0.2, 0.25) is 0 Å². The summed E-state index contributed by atoms with van der Waals surface area (Å²) in [5, 5.41) is 11.6. The summed E-state index contributed by atoms with van der Waals surface area (Å²) in [5.41, 5.74) is 2.58. The number of carbonyl (C=O) groups is 1. The van der Waals surface area contributed by atoms with Crippen molar-refractivity contribution in [1.29, 1.82) is 0 Å². The van der Waals surface area contributed by atoms with Gasteiger partial charge in [-0.1, -0.05) is 23.7 Å². The number of ether oxygens (including phenoxy) is 1. The molecule has 0 N–H and O–H groups in total. The molecule has 0 aliphatic heterocycles. The summed E-state index contributed by atoms with van der Waals surface area (Å²) in [6.07, 6.45) is 0.534. The average molecular weight is 330 g/mol. The average Bonchev–Trinajstić information content (AvgIpc) is 3.06. The van der Waals surface area contributed by atoms with Crippen molar-refractivity contribution in [3.63, 3.8) is 0 Å². The topological polar surface area (TPSA) is 69.4 Å². The van der Waals surface area contributed by atoms with Gasteiger partial charge in [-0.25, -0.2) is 0 Å². The van der Waals surface area contributed by atoms with E-state index in [9.17, 15) is 14.9 Å². The molecule has 0 saturated carbocycles. The first-order valence-corrected chi connectivity index (χ1v) is 7.54. The van der Waals surface area contributed by atoms with Crippen LogP contribution in [-0.2, 0) is 14.9 Å². The number of carbonyl (C=O) groups excluding carboxylic acids is 1. The summed E-state index contributed by atoms with van der Waals surface area (Å²) in [6, 6.07) is 10.2. The van der Waals surface area contributed by atoms with E-state index in [1.165, 1.54) is 13.2 Å². The minimum atomic E-state index is -0.913. The highest BCUT2D eigenvalue weighted by Crippen LogP contribution is 2.61. The van der Waals surface area contributed by atoms with Gasteiger partial charge in [0.05, 0.1) is 12.0 Å². The maximum atomic E-state index is 12.7. The van der Waals surface area contributed by atoms with Crippen LogP contribution in [0.1, 0.15) is 34.6 Å². The van der Waals surface area contributed by atoms with Gasteiger partial charge in [0.1, 0.15) is 5.41 Å². The van der Waals surface area contributed by atoms with E-state index in [1.807, 2.05) is 6.07 Å². The van der Waals surface area contributed by atoms with Crippen molar-refractivity contribution >= 4 is 23.3 Å². The second-order valence-electron chi connectivity index (χ2n) is 5.91. The van der Waals surface area contributed by atoms with Crippen molar-refractivity contribution in [2.75, 3.05) is 7.11 Å². The molecule has 2 aliphatic carbocycles. The maximum absolute atomic E-state index is 12.7. The Hall–Kier alpha value is -2.40. The molecule has 0 heterocycles. The zero-order valence-electron chi connectivity index (χ0n) is 12.2. The molecule has 0 radical (unpaired) electrons. The highest BCUT2D eigenvalue weighted by molar-refractivity contribution is 6.30. The molecule has 2 atom stereocenters. The van der Waals surface area contributed by atoms with Crippen molar-refractivity contribution in [3.8, 4) is 0 Å². The first kappa shape index (κ1) is 14.2. The summed E-state index contributed by atoms with van der Waals surface area (Å²) in [6.45, 7) is 0. The number of hydrogen-bond donors (Lipinski definition) is 0. The fraction of sp³-hybridized carbons (Fsp3) is 0.235. The normalized spacial score (nSPS) is 23.3. The molecule has 2 aromatic rings. The SMILES string of the molecule is COC(=O)C12CC(c3cc([N+](=O)[O-])ccc31)c1ccc(Cl)cc12. The standard InChI is InChI=1S/C17H12ClNO4/c1-23-16(20)17-8-13(11-4-2-9(18)6-15(11)17)12-7-10(19(21)22)3-5-14(12)17/h2-7,13H,8H2,1H3. The van der Waals surface area contributed by atoms with Crippen LogP contribution in [0.3, 0.4) is 0 Å². The lowest BCUT2D eigenvalue weighted by molar-refractivity contribution is -0.384. The summed E-state index contributed by atoms with van der Waals surface area (Å²) in [7, 11) is 1.36. The van der Waals surface area contributed by atoms with Crippen LogP contribution in [0.2, 0.25) is 5.02 Å². The third-order valence-corrected chi connectivity index (χ3v) is 5.21. The lowest BCUT2D eigenvalue weighted by atomic mass is 9.75. The quantitative estimate of drug-likeness (QED) is 0.480. The molecule has 4 rings (SSSR count). The summed E-state index contributed by atoms with van der Waals surface area (Å²) >= 11 is 6.12. The minimum Gasteiger partial charge on any atom is -0.468 e. The first-order chi connectivity index (χ1) is 11.0. The number of halogens is 1. The monoisotopic (exact) mass is 329 g/mol. The number of rotatable bonds is 2.